The molecule has 4 N–H and O–H groups in total. The number of anilines is 1. The zero-order valence-electron chi connectivity index (χ0n) is 18.8. The fraction of sp³-hybridized carbons (Fsp3) is 0.120. The van der Waals surface area contributed by atoms with Gasteiger partial charge in [-0.2, -0.15) is 0 Å². The van der Waals surface area contributed by atoms with Crippen molar-refractivity contribution < 1.29 is 23.9 Å². The van der Waals surface area contributed by atoms with Crippen LogP contribution in [-0.2, 0) is 4.79 Å². The Morgan fingerprint density at radius 3 is 2.11 bits per heavy atom. The number of para-hydroxylation sites is 1. The largest absolute Gasteiger partial charge is 0.497 e. The second kappa shape index (κ2) is 12.2. The summed E-state index contributed by atoms with van der Waals surface area (Å²) in [6.07, 6.45) is -0.0884. The van der Waals surface area contributed by atoms with Crippen molar-refractivity contribution in [3.05, 3.63) is 94.5 Å². The molecular weight excluding hydrogens is 472 g/mol. The third kappa shape index (κ3) is 7.05. The topological polar surface area (TPSA) is 126 Å². The molecule has 0 saturated heterocycles. The average molecular weight is 495 g/mol. The molecule has 3 rings (SSSR count). The van der Waals surface area contributed by atoms with Crippen molar-refractivity contribution in [3.8, 4) is 5.75 Å². The number of methoxy groups -OCH3 is 1. The number of hydrogen-bond acceptors (Lipinski definition) is 5. The van der Waals surface area contributed by atoms with Gasteiger partial charge in [0.25, 0.3) is 17.7 Å². The Balaban J connectivity index is 1.50. The standard InChI is InChI=1S/C25H23ClN4O5/c1-35-17-12-10-16(11-13-17)23(32)28-21-9-5-3-7-19(21)24(33)27-15-14-22(31)29-30-25(34)18-6-2-4-8-20(18)26/h2-13H,14-15H2,1H3,(H,27,33)(H,28,32)(H,29,31)(H,30,34). The first kappa shape index (κ1) is 25.3. The molecule has 0 aliphatic carbocycles. The van der Waals surface area contributed by atoms with Gasteiger partial charge in [0.2, 0.25) is 5.91 Å². The van der Waals surface area contributed by atoms with Gasteiger partial charge in [-0.25, -0.2) is 0 Å². The van der Waals surface area contributed by atoms with Gasteiger partial charge in [-0.05, 0) is 48.5 Å². The average Bonchev–Trinajstić information content (AvgIpc) is 2.87. The molecule has 3 aromatic rings. The van der Waals surface area contributed by atoms with Gasteiger partial charge < -0.3 is 15.4 Å². The van der Waals surface area contributed by atoms with E-state index in [1.165, 1.54) is 13.2 Å². The number of carbonyl (C=O) groups is 4. The first-order valence-corrected chi connectivity index (χ1v) is 10.9. The fourth-order valence-corrected chi connectivity index (χ4v) is 3.23. The molecule has 180 valence electrons. The number of amides is 4. The Bertz CT molecular complexity index is 1230. The number of nitrogens with one attached hydrogen (secondary N) is 4. The lowest BCUT2D eigenvalue weighted by Crippen LogP contribution is -2.42. The van der Waals surface area contributed by atoms with E-state index in [9.17, 15) is 19.2 Å². The highest BCUT2D eigenvalue weighted by Crippen LogP contribution is 2.18. The quantitative estimate of drug-likeness (QED) is 0.358. The summed E-state index contributed by atoms with van der Waals surface area (Å²) in [5, 5.41) is 5.60. The van der Waals surface area contributed by atoms with Gasteiger partial charge in [0.15, 0.2) is 0 Å². The smallest absolute Gasteiger partial charge is 0.271 e. The summed E-state index contributed by atoms with van der Waals surface area (Å²) in [6, 6.07) is 19.5. The predicted molar refractivity (Wildman–Crippen MR) is 131 cm³/mol. The molecule has 0 saturated carbocycles. The van der Waals surface area contributed by atoms with Crippen molar-refractivity contribution >= 4 is 40.9 Å². The molecule has 0 aliphatic rings. The third-order valence-electron chi connectivity index (χ3n) is 4.84. The number of carbonyl (C=O) groups excluding carboxylic acids is 4. The van der Waals surface area contributed by atoms with Gasteiger partial charge in [-0.3, -0.25) is 30.0 Å². The van der Waals surface area contributed by atoms with Gasteiger partial charge in [-0.15, -0.1) is 0 Å². The Hall–Kier alpha value is -4.37. The SMILES string of the molecule is COc1ccc(C(=O)Nc2ccccc2C(=O)NCCC(=O)NNC(=O)c2ccccc2Cl)cc1. The van der Waals surface area contributed by atoms with E-state index in [2.05, 4.69) is 21.5 Å². The maximum Gasteiger partial charge on any atom is 0.271 e. The van der Waals surface area contributed by atoms with Crippen molar-refractivity contribution in [2.45, 2.75) is 6.42 Å². The van der Waals surface area contributed by atoms with Gasteiger partial charge >= 0.3 is 0 Å². The van der Waals surface area contributed by atoms with Gasteiger partial charge in [0, 0.05) is 18.5 Å². The molecule has 0 aliphatic heterocycles. The van der Waals surface area contributed by atoms with Crippen LogP contribution >= 0.6 is 11.6 Å². The number of hydrogen-bond donors (Lipinski definition) is 4. The van der Waals surface area contributed by atoms with Crippen LogP contribution in [0.1, 0.15) is 37.5 Å². The van der Waals surface area contributed by atoms with E-state index in [0.717, 1.165) is 0 Å². The fourth-order valence-electron chi connectivity index (χ4n) is 3.01. The normalized spacial score (nSPS) is 10.1. The van der Waals surface area contributed by atoms with Crippen molar-refractivity contribution in [1.82, 2.24) is 16.2 Å². The Labute approximate surface area is 206 Å². The van der Waals surface area contributed by atoms with Crippen LogP contribution in [0.2, 0.25) is 5.02 Å². The Morgan fingerprint density at radius 1 is 0.771 bits per heavy atom. The number of benzene rings is 3. The summed E-state index contributed by atoms with van der Waals surface area (Å²) in [5.41, 5.74) is 5.72. The minimum atomic E-state index is -0.561. The van der Waals surface area contributed by atoms with Crippen LogP contribution in [0, 0.1) is 0 Å². The lowest BCUT2D eigenvalue weighted by atomic mass is 10.1. The zero-order valence-corrected chi connectivity index (χ0v) is 19.5. The van der Waals surface area contributed by atoms with Crippen molar-refractivity contribution in [1.29, 1.82) is 0 Å². The molecular formula is C25H23ClN4O5. The molecule has 9 nitrogen and oxygen atoms in total. The van der Waals surface area contributed by atoms with E-state index in [-0.39, 0.29) is 35.0 Å². The molecule has 0 spiro atoms. The highest BCUT2D eigenvalue weighted by Gasteiger charge is 2.15. The second-order valence-electron chi connectivity index (χ2n) is 7.22. The molecule has 3 aromatic carbocycles. The molecule has 0 heterocycles. The van der Waals surface area contributed by atoms with Crippen LogP contribution in [0.25, 0.3) is 0 Å². The maximum absolute atomic E-state index is 12.6. The van der Waals surface area contributed by atoms with Gasteiger partial charge in [0.1, 0.15) is 5.75 Å². The lowest BCUT2D eigenvalue weighted by Gasteiger charge is -2.12. The van der Waals surface area contributed by atoms with E-state index >= 15 is 0 Å². The number of hydrazine groups is 1. The highest BCUT2D eigenvalue weighted by molar-refractivity contribution is 6.33. The molecule has 0 unspecified atom stereocenters. The molecule has 0 bridgehead atoms. The number of ether oxygens (including phenoxy) is 1. The monoisotopic (exact) mass is 494 g/mol. The van der Waals surface area contributed by atoms with Crippen molar-refractivity contribution in [3.63, 3.8) is 0 Å². The summed E-state index contributed by atoms with van der Waals surface area (Å²) >= 11 is 5.95. The predicted octanol–water partition coefficient (Wildman–Crippen LogP) is 3.18. The van der Waals surface area contributed by atoms with Crippen LogP contribution in [-0.4, -0.2) is 37.3 Å². The lowest BCUT2D eigenvalue weighted by molar-refractivity contribution is -0.121. The van der Waals surface area contributed by atoms with Crippen molar-refractivity contribution in [2.75, 3.05) is 19.0 Å². The summed E-state index contributed by atoms with van der Waals surface area (Å²) < 4.78 is 5.08. The maximum atomic E-state index is 12.6. The second-order valence-corrected chi connectivity index (χ2v) is 7.62. The van der Waals surface area contributed by atoms with E-state index in [0.29, 0.717) is 17.0 Å². The van der Waals surface area contributed by atoms with Crippen LogP contribution < -0.4 is 26.2 Å². The zero-order chi connectivity index (χ0) is 25.2. The number of rotatable bonds is 8. The first-order chi connectivity index (χ1) is 16.9. The highest BCUT2D eigenvalue weighted by atomic mass is 35.5. The first-order valence-electron chi connectivity index (χ1n) is 10.6. The van der Waals surface area contributed by atoms with Crippen LogP contribution in [0.3, 0.4) is 0 Å². The Kier molecular flexibility index (Phi) is 8.80. The Morgan fingerprint density at radius 2 is 1.43 bits per heavy atom. The molecule has 35 heavy (non-hydrogen) atoms. The van der Waals surface area contributed by atoms with Crippen LogP contribution in [0.4, 0.5) is 5.69 Å². The van der Waals surface area contributed by atoms with Crippen LogP contribution in [0.15, 0.2) is 72.8 Å². The molecule has 0 fully saturated rings. The summed E-state index contributed by atoms with van der Waals surface area (Å²) in [4.78, 5) is 49.3. The molecule has 4 amide bonds. The molecule has 0 atom stereocenters. The molecule has 10 heteroatoms. The van der Waals surface area contributed by atoms with E-state index in [4.69, 9.17) is 16.3 Å². The minimum absolute atomic E-state index is 0.00733. The van der Waals surface area contributed by atoms with Crippen molar-refractivity contribution in [2.24, 2.45) is 0 Å². The summed E-state index contributed by atoms with van der Waals surface area (Å²) in [5.74, 6) is -1.31. The summed E-state index contributed by atoms with van der Waals surface area (Å²) in [6.45, 7) is 0.00733. The van der Waals surface area contributed by atoms with E-state index in [1.54, 1.807) is 66.7 Å². The summed E-state index contributed by atoms with van der Waals surface area (Å²) in [7, 11) is 1.53. The third-order valence-corrected chi connectivity index (χ3v) is 5.17. The number of halogens is 1. The molecule has 0 radical (unpaired) electrons. The van der Waals surface area contributed by atoms with E-state index in [1.807, 2.05) is 0 Å². The van der Waals surface area contributed by atoms with Gasteiger partial charge in [-0.1, -0.05) is 35.9 Å². The van der Waals surface area contributed by atoms with E-state index < -0.39 is 17.7 Å². The molecule has 0 aromatic heterocycles. The minimum Gasteiger partial charge on any atom is -0.497 e. The van der Waals surface area contributed by atoms with Gasteiger partial charge in [0.05, 0.1) is 28.9 Å². The van der Waals surface area contributed by atoms with Crippen LogP contribution in [0.5, 0.6) is 5.75 Å².